The summed E-state index contributed by atoms with van der Waals surface area (Å²) in [4.78, 5) is 2.38. The summed E-state index contributed by atoms with van der Waals surface area (Å²) in [5.41, 5.74) is 5.92. The zero-order chi connectivity index (χ0) is 13.3. The van der Waals surface area contributed by atoms with Gasteiger partial charge in [-0.2, -0.15) is 4.37 Å². The molecule has 0 spiro atoms. The maximum absolute atomic E-state index is 5.92. The van der Waals surface area contributed by atoms with Crippen LogP contribution in [0.25, 0.3) is 0 Å². The molecule has 2 rings (SSSR count). The number of aromatic nitrogens is 1. The van der Waals surface area contributed by atoms with Gasteiger partial charge in [-0.3, -0.25) is 0 Å². The van der Waals surface area contributed by atoms with Gasteiger partial charge in [0.2, 0.25) is 0 Å². The van der Waals surface area contributed by atoms with Crippen LogP contribution in [-0.2, 0) is 0 Å². The van der Waals surface area contributed by atoms with Gasteiger partial charge in [0, 0.05) is 12.6 Å². The lowest BCUT2D eigenvalue weighted by Crippen LogP contribution is -2.32. The molecule has 1 saturated carbocycles. The second-order valence-electron chi connectivity index (χ2n) is 5.56. The summed E-state index contributed by atoms with van der Waals surface area (Å²) in [5, 5.41) is 1.09. The molecule has 0 saturated heterocycles. The Bertz CT molecular complexity index is 399. The number of nitrogens with zero attached hydrogens (tertiary/aromatic N) is 2. The van der Waals surface area contributed by atoms with Crippen molar-refractivity contribution in [2.24, 2.45) is 5.92 Å². The van der Waals surface area contributed by atoms with Gasteiger partial charge in [0.05, 0.1) is 6.10 Å². The molecule has 0 amide bonds. The van der Waals surface area contributed by atoms with Crippen molar-refractivity contribution < 1.29 is 4.74 Å². The maximum Gasteiger partial charge on any atom is 0.198 e. The summed E-state index contributed by atoms with van der Waals surface area (Å²) >= 11 is 1.45. The van der Waals surface area contributed by atoms with Crippen LogP contribution in [0.2, 0.25) is 0 Å². The van der Waals surface area contributed by atoms with E-state index in [0.717, 1.165) is 23.2 Å². The predicted octanol–water partition coefficient (Wildman–Crippen LogP) is 3.14. The van der Waals surface area contributed by atoms with Crippen LogP contribution < -0.4 is 15.4 Å². The number of hydrogen-bond acceptors (Lipinski definition) is 5. The van der Waals surface area contributed by atoms with Crippen molar-refractivity contribution in [1.82, 2.24) is 4.37 Å². The van der Waals surface area contributed by atoms with Crippen LogP contribution in [0.3, 0.4) is 0 Å². The molecule has 1 heterocycles. The van der Waals surface area contributed by atoms with E-state index >= 15 is 0 Å². The highest BCUT2D eigenvalue weighted by molar-refractivity contribution is 7.11. The molecule has 1 aliphatic rings. The van der Waals surface area contributed by atoms with Gasteiger partial charge in [-0.1, -0.05) is 0 Å². The summed E-state index contributed by atoms with van der Waals surface area (Å²) in [6.45, 7) is 9.53. The van der Waals surface area contributed by atoms with Crippen molar-refractivity contribution >= 4 is 22.4 Å². The van der Waals surface area contributed by atoms with Gasteiger partial charge in [-0.05, 0) is 58.0 Å². The zero-order valence-corrected chi connectivity index (χ0v) is 12.5. The molecule has 1 fully saturated rings. The molecule has 2 N–H and O–H groups in total. The van der Waals surface area contributed by atoms with Crippen molar-refractivity contribution in [3.05, 3.63) is 0 Å². The minimum absolute atomic E-state index is 0.123. The summed E-state index contributed by atoms with van der Waals surface area (Å²) in [6, 6.07) is 0.444. The van der Waals surface area contributed by atoms with Crippen LogP contribution in [0.5, 0.6) is 5.75 Å². The third kappa shape index (κ3) is 3.07. The molecule has 0 unspecified atom stereocenters. The largest absolute Gasteiger partial charge is 0.484 e. The normalized spacial score (nSPS) is 15.4. The van der Waals surface area contributed by atoms with Gasteiger partial charge < -0.3 is 15.4 Å². The second kappa shape index (κ2) is 5.34. The van der Waals surface area contributed by atoms with E-state index in [2.05, 4.69) is 23.1 Å². The smallest absolute Gasteiger partial charge is 0.198 e. The lowest BCUT2D eigenvalue weighted by molar-refractivity contribution is 0.244. The minimum Gasteiger partial charge on any atom is -0.484 e. The monoisotopic (exact) mass is 269 g/mol. The van der Waals surface area contributed by atoms with Gasteiger partial charge in [0.1, 0.15) is 0 Å². The molecule has 18 heavy (non-hydrogen) atoms. The Kier molecular flexibility index (Phi) is 4.00. The van der Waals surface area contributed by atoms with Crippen molar-refractivity contribution in [2.75, 3.05) is 17.2 Å². The lowest BCUT2D eigenvalue weighted by Gasteiger charge is -2.28. The number of hydrogen-bond donors (Lipinski definition) is 1. The molecule has 0 aliphatic heterocycles. The lowest BCUT2D eigenvalue weighted by atomic mass is 10.2. The fraction of sp³-hybridized carbons (Fsp3) is 0.769. The Morgan fingerprint density at radius 3 is 2.56 bits per heavy atom. The van der Waals surface area contributed by atoms with Gasteiger partial charge in [0.15, 0.2) is 16.6 Å². The third-order valence-electron chi connectivity index (χ3n) is 3.05. The maximum atomic E-state index is 5.92. The van der Waals surface area contributed by atoms with Crippen molar-refractivity contribution in [1.29, 1.82) is 0 Å². The van der Waals surface area contributed by atoms with Crippen LogP contribution in [0, 0.1) is 5.92 Å². The average molecular weight is 269 g/mol. The first-order valence-electron chi connectivity index (χ1n) is 6.67. The van der Waals surface area contributed by atoms with E-state index in [1.807, 2.05) is 13.8 Å². The number of nitrogen functional groups attached to an aromatic ring is 1. The van der Waals surface area contributed by atoms with Gasteiger partial charge in [0.25, 0.3) is 0 Å². The Labute approximate surface area is 113 Å². The van der Waals surface area contributed by atoms with Crippen LogP contribution >= 0.6 is 11.5 Å². The third-order valence-corrected chi connectivity index (χ3v) is 3.93. The highest BCUT2D eigenvalue weighted by Gasteiger charge is 2.29. The van der Waals surface area contributed by atoms with Crippen LogP contribution in [0.15, 0.2) is 0 Å². The van der Waals surface area contributed by atoms with E-state index < -0.39 is 0 Å². The summed E-state index contributed by atoms with van der Waals surface area (Å²) in [6.07, 6.45) is 2.81. The summed E-state index contributed by atoms with van der Waals surface area (Å²) < 4.78 is 10.1. The molecule has 1 aromatic heterocycles. The molecular formula is C13H23N3OS. The molecule has 5 heteroatoms. The number of anilines is 2. The van der Waals surface area contributed by atoms with E-state index in [-0.39, 0.29) is 6.10 Å². The SMILES string of the molecule is CC(C)Oc1c(N)nsc1N(CC1CC1)C(C)C. The zero-order valence-electron chi connectivity index (χ0n) is 11.6. The summed E-state index contributed by atoms with van der Waals surface area (Å²) in [5.74, 6) is 2.12. The Morgan fingerprint density at radius 2 is 2.06 bits per heavy atom. The molecule has 0 radical (unpaired) electrons. The van der Waals surface area contributed by atoms with E-state index in [1.165, 1.54) is 24.4 Å². The van der Waals surface area contributed by atoms with Crippen molar-refractivity contribution in [3.8, 4) is 5.75 Å². The molecule has 0 aromatic carbocycles. The van der Waals surface area contributed by atoms with Crippen molar-refractivity contribution in [3.63, 3.8) is 0 Å². The molecule has 102 valence electrons. The highest BCUT2D eigenvalue weighted by atomic mass is 32.1. The molecule has 4 nitrogen and oxygen atoms in total. The topological polar surface area (TPSA) is 51.4 Å². The molecule has 1 aliphatic carbocycles. The standard InChI is InChI=1S/C13H23N3OS/c1-8(2)16(7-10-5-6-10)13-11(17-9(3)4)12(14)15-18-13/h8-10H,5-7H2,1-4H3,(H2,14,15). The van der Waals surface area contributed by atoms with Crippen LogP contribution in [-0.4, -0.2) is 23.1 Å². The van der Waals surface area contributed by atoms with Gasteiger partial charge in [-0.25, -0.2) is 0 Å². The summed E-state index contributed by atoms with van der Waals surface area (Å²) in [7, 11) is 0. The first-order chi connectivity index (χ1) is 8.49. The number of ether oxygens (including phenoxy) is 1. The van der Waals surface area contributed by atoms with Gasteiger partial charge in [-0.15, -0.1) is 0 Å². The van der Waals surface area contributed by atoms with Crippen molar-refractivity contribution in [2.45, 2.75) is 52.7 Å². The quantitative estimate of drug-likeness (QED) is 0.862. The minimum atomic E-state index is 0.123. The predicted molar refractivity (Wildman–Crippen MR) is 77.5 cm³/mol. The van der Waals surface area contributed by atoms with Crippen LogP contribution in [0.4, 0.5) is 10.8 Å². The average Bonchev–Trinajstić information content (AvgIpc) is 3.03. The van der Waals surface area contributed by atoms with Crippen LogP contribution in [0.1, 0.15) is 40.5 Å². The Morgan fingerprint density at radius 1 is 1.39 bits per heavy atom. The van der Waals surface area contributed by atoms with E-state index in [0.29, 0.717) is 11.9 Å². The number of nitrogens with two attached hydrogens (primary N) is 1. The number of rotatable bonds is 6. The van der Waals surface area contributed by atoms with Gasteiger partial charge >= 0.3 is 0 Å². The Balaban J connectivity index is 2.22. The second-order valence-corrected chi connectivity index (χ2v) is 6.31. The fourth-order valence-corrected chi connectivity index (χ4v) is 2.81. The molecular weight excluding hydrogens is 246 g/mol. The molecule has 0 atom stereocenters. The van der Waals surface area contributed by atoms with E-state index in [9.17, 15) is 0 Å². The first kappa shape index (κ1) is 13.5. The fourth-order valence-electron chi connectivity index (χ4n) is 1.92. The molecule has 0 bridgehead atoms. The van der Waals surface area contributed by atoms with E-state index in [1.54, 1.807) is 0 Å². The molecule has 1 aromatic rings. The van der Waals surface area contributed by atoms with E-state index in [4.69, 9.17) is 10.5 Å². The first-order valence-corrected chi connectivity index (χ1v) is 7.44. The highest BCUT2D eigenvalue weighted by Crippen LogP contribution is 2.42. The Hall–Kier alpha value is -0.970.